The number of hydrogen-bond acceptors (Lipinski definition) is 6. The molecule has 1 aromatic heterocycles. The van der Waals surface area contributed by atoms with Gasteiger partial charge in [-0.15, -0.1) is 11.3 Å². The molecule has 1 N–H and O–H groups in total. The van der Waals surface area contributed by atoms with Gasteiger partial charge < -0.3 is 5.32 Å². The Bertz CT molecular complexity index is 680. The summed E-state index contributed by atoms with van der Waals surface area (Å²) in [6.07, 6.45) is 1.95. The van der Waals surface area contributed by atoms with Gasteiger partial charge in [0.15, 0.2) is 4.34 Å². The summed E-state index contributed by atoms with van der Waals surface area (Å²) in [5.41, 5.74) is 0.566. The number of rotatable bonds is 3. The molecule has 8 heteroatoms. The van der Waals surface area contributed by atoms with Gasteiger partial charge >= 0.3 is 0 Å². The first-order chi connectivity index (χ1) is 9.65. The zero-order chi connectivity index (χ0) is 14.1. The van der Waals surface area contributed by atoms with Crippen LogP contribution in [-0.4, -0.2) is 32.5 Å². The molecule has 2 heterocycles. The number of nitro benzene ring substituents is 1. The second-order valence-corrected chi connectivity index (χ2v) is 7.59. The Hall–Kier alpha value is -1.38. The monoisotopic (exact) mass is 311 g/mol. The first-order valence-electron chi connectivity index (χ1n) is 6.31. The molecule has 0 saturated carbocycles. The van der Waals surface area contributed by atoms with Gasteiger partial charge in [-0.3, -0.25) is 14.3 Å². The Labute approximate surface area is 121 Å². The van der Waals surface area contributed by atoms with E-state index in [-0.39, 0.29) is 10.9 Å². The first kappa shape index (κ1) is 13.6. The number of piperidine rings is 1. The maximum Gasteiger partial charge on any atom is 0.271 e. The van der Waals surface area contributed by atoms with E-state index < -0.39 is 15.7 Å². The highest BCUT2D eigenvalue weighted by molar-refractivity contribution is 7.88. The van der Waals surface area contributed by atoms with Crippen molar-refractivity contribution in [3.05, 3.63) is 28.3 Å². The van der Waals surface area contributed by atoms with Crippen LogP contribution >= 0.6 is 11.3 Å². The molecule has 2 aromatic rings. The molecule has 0 aliphatic carbocycles. The molecule has 0 bridgehead atoms. The number of fused-ring (bicyclic) bond motifs is 1. The molecule has 0 unspecified atom stereocenters. The van der Waals surface area contributed by atoms with Crippen molar-refractivity contribution in [1.29, 1.82) is 0 Å². The molecule has 0 radical (unpaired) electrons. The summed E-state index contributed by atoms with van der Waals surface area (Å²) in [6.45, 7) is 1.71. The molecule has 1 aromatic carbocycles. The quantitative estimate of drug-likeness (QED) is 0.693. The van der Waals surface area contributed by atoms with Crippen LogP contribution in [-0.2, 0) is 10.8 Å². The van der Waals surface area contributed by atoms with E-state index in [1.54, 1.807) is 6.07 Å². The predicted octanol–water partition coefficient (Wildman–Crippen LogP) is 2.06. The van der Waals surface area contributed by atoms with Crippen LogP contribution in [0.4, 0.5) is 5.69 Å². The molecule has 20 heavy (non-hydrogen) atoms. The first-order valence-corrected chi connectivity index (χ1v) is 8.34. The average Bonchev–Trinajstić information content (AvgIpc) is 2.90. The topological polar surface area (TPSA) is 85.1 Å². The van der Waals surface area contributed by atoms with E-state index in [1.807, 2.05) is 0 Å². The number of hydrogen-bond donors (Lipinski definition) is 1. The van der Waals surface area contributed by atoms with Crippen LogP contribution in [0.15, 0.2) is 22.5 Å². The molecule has 1 fully saturated rings. The van der Waals surface area contributed by atoms with E-state index in [0.29, 0.717) is 9.86 Å². The fourth-order valence-electron chi connectivity index (χ4n) is 2.24. The van der Waals surface area contributed by atoms with Crippen LogP contribution in [0, 0.1) is 10.1 Å². The fraction of sp³-hybridized carbons (Fsp3) is 0.417. The lowest BCUT2D eigenvalue weighted by atomic mass is 10.2. The summed E-state index contributed by atoms with van der Waals surface area (Å²) in [4.78, 5) is 14.6. The van der Waals surface area contributed by atoms with Crippen LogP contribution in [0.3, 0.4) is 0 Å². The van der Waals surface area contributed by atoms with Gasteiger partial charge in [0.05, 0.1) is 31.2 Å². The fourth-order valence-corrected chi connectivity index (χ4v) is 5.05. The minimum Gasteiger partial charge on any atom is -0.316 e. The standard InChI is InChI=1S/C12H13N3O3S2/c16-15(17)8-3-4-11-10(6-8)14-12(19-11)20(18)9-2-1-5-13-7-9/h3-4,6,9,13H,1-2,5,7H2/t9-,20-/m0/s1. The molecule has 3 rings (SSSR count). The van der Waals surface area contributed by atoms with Crippen molar-refractivity contribution in [1.82, 2.24) is 10.3 Å². The second kappa shape index (κ2) is 5.55. The molecule has 0 amide bonds. The number of benzene rings is 1. The summed E-state index contributed by atoms with van der Waals surface area (Å²) < 4.78 is 13.9. The molecule has 1 aliphatic heterocycles. The van der Waals surface area contributed by atoms with E-state index in [9.17, 15) is 14.3 Å². The second-order valence-electron chi connectivity index (χ2n) is 4.65. The van der Waals surface area contributed by atoms with Gasteiger partial charge in [-0.05, 0) is 25.5 Å². The van der Waals surface area contributed by atoms with Gasteiger partial charge in [-0.2, -0.15) is 0 Å². The number of nitro groups is 1. The average molecular weight is 311 g/mol. The van der Waals surface area contributed by atoms with Gasteiger partial charge in [-0.1, -0.05) is 0 Å². The summed E-state index contributed by atoms with van der Waals surface area (Å²) in [6, 6.07) is 4.56. The molecule has 6 nitrogen and oxygen atoms in total. The minimum atomic E-state index is -1.14. The van der Waals surface area contributed by atoms with E-state index in [1.165, 1.54) is 23.5 Å². The van der Waals surface area contributed by atoms with Crippen molar-refractivity contribution in [2.45, 2.75) is 22.4 Å². The number of aromatic nitrogens is 1. The SMILES string of the molecule is O=[N+]([O-])c1ccc2sc([S@@](=O)[C@H]3CCCNC3)nc2c1. The molecule has 0 spiro atoms. The highest BCUT2D eigenvalue weighted by Crippen LogP contribution is 2.29. The third-order valence-electron chi connectivity index (χ3n) is 3.29. The lowest BCUT2D eigenvalue weighted by molar-refractivity contribution is -0.384. The number of nitrogens with one attached hydrogen (secondary N) is 1. The Balaban J connectivity index is 1.92. The Morgan fingerprint density at radius 3 is 3.05 bits per heavy atom. The Kier molecular flexibility index (Phi) is 3.77. The van der Waals surface area contributed by atoms with Crippen LogP contribution in [0.2, 0.25) is 0 Å². The van der Waals surface area contributed by atoms with E-state index >= 15 is 0 Å². The lowest BCUT2D eigenvalue weighted by Crippen LogP contribution is -2.36. The molecule has 1 aliphatic rings. The third kappa shape index (κ3) is 2.58. The van der Waals surface area contributed by atoms with Crippen molar-refractivity contribution in [3.63, 3.8) is 0 Å². The lowest BCUT2D eigenvalue weighted by Gasteiger charge is -2.20. The normalized spacial score (nSPS) is 20.9. The van der Waals surface area contributed by atoms with Gasteiger partial charge in [0, 0.05) is 18.7 Å². The maximum atomic E-state index is 12.5. The number of thiazole rings is 1. The van der Waals surface area contributed by atoms with Crippen LogP contribution < -0.4 is 5.32 Å². The van der Waals surface area contributed by atoms with Gasteiger partial charge in [-0.25, -0.2) is 4.98 Å². The number of nitrogens with zero attached hydrogens (tertiary/aromatic N) is 2. The third-order valence-corrected chi connectivity index (χ3v) is 6.31. The minimum absolute atomic E-state index is 0.0134. The van der Waals surface area contributed by atoms with Crippen molar-refractivity contribution in [2.75, 3.05) is 13.1 Å². The van der Waals surface area contributed by atoms with Crippen molar-refractivity contribution >= 4 is 38.0 Å². The van der Waals surface area contributed by atoms with Gasteiger partial charge in [0.2, 0.25) is 0 Å². The maximum absolute atomic E-state index is 12.5. The van der Waals surface area contributed by atoms with Gasteiger partial charge in [0.25, 0.3) is 5.69 Å². The zero-order valence-corrected chi connectivity index (χ0v) is 12.2. The number of non-ortho nitro benzene ring substituents is 1. The van der Waals surface area contributed by atoms with E-state index in [4.69, 9.17) is 0 Å². The highest BCUT2D eigenvalue weighted by Gasteiger charge is 2.24. The van der Waals surface area contributed by atoms with Crippen molar-refractivity contribution in [3.8, 4) is 0 Å². The van der Waals surface area contributed by atoms with E-state index in [2.05, 4.69) is 10.3 Å². The van der Waals surface area contributed by atoms with Crippen LogP contribution in [0.5, 0.6) is 0 Å². The summed E-state index contributed by atoms with van der Waals surface area (Å²) in [5, 5.41) is 14.1. The van der Waals surface area contributed by atoms with Crippen LogP contribution in [0.1, 0.15) is 12.8 Å². The Morgan fingerprint density at radius 2 is 2.35 bits per heavy atom. The summed E-state index contributed by atoms with van der Waals surface area (Å²) >= 11 is 1.36. The molecule has 2 atom stereocenters. The Morgan fingerprint density at radius 1 is 1.50 bits per heavy atom. The molecule has 106 valence electrons. The highest BCUT2D eigenvalue weighted by atomic mass is 32.2. The molecule has 1 saturated heterocycles. The van der Waals surface area contributed by atoms with Crippen molar-refractivity contribution in [2.24, 2.45) is 0 Å². The zero-order valence-electron chi connectivity index (χ0n) is 10.6. The summed E-state index contributed by atoms with van der Waals surface area (Å²) in [5.74, 6) is 0. The summed E-state index contributed by atoms with van der Waals surface area (Å²) in [7, 11) is -1.14. The molecular weight excluding hydrogens is 298 g/mol. The van der Waals surface area contributed by atoms with Gasteiger partial charge in [0.1, 0.15) is 0 Å². The van der Waals surface area contributed by atoms with Crippen molar-refractivity contribution < 1.29 is 9.13 Å². The molecular formula is C12H13N3O3S2. The van der Waals surface area contributed by atoms with Crippen LogP contribution in [0.25, 0.3) is 10.2 Å². The van der Waals surface area contributed by atoms with E-state index in [0.717, 1.165) is 30.6 Å². The largest absolute Gasteiger partial charge is 0.316 e. The smallest absolute Gasteiger partial charge is 0.271 e. The predicted molar refractivity (Wildman–Crippen MR) is 78.6 cm³/mol.